The molecule has 0 spiro atoms. The van der Waals surface area contributed by atoms with Gasteiger partial charge >= 0.3 is 0 Å². The van der Waals surface area contributed by atoms with Gasteiger partial charge in [-0.2, -0.15) is 0 Å². The lowest BCUT2D eigenvalue weighted by Crippen LogP contribution is -2.37. The maximum Gasteiger partial charge on any atom is 0.198 e. The van der Waals surface area contributed by atoms with E-state index in [-0.39, 0.29) is 11.9 Å². The van der Waals surface area contributed by atoms with E-state index >= 15 is 0 Å². The van der Waals surface area contributed by atoms with E-state index in [1.54, 1.807) is 21.1 Å². The normalized spacial score (nSPS) is 17.4. The maximum absolute atomic E-state index is 12.9. The second-order valence-electron chi connectivity index (χ2n) is 9.23. The zero-order valence-corrected chi connectivity index (χ0v) is 21.3. The van der Waals surface area contributed by atoms with Crippen LogP contribution < -0.4 is 24.3 Å². The molecule has 0 saturated carbocycles. The molecule has 1 saturated heterocycles. The molecule has 0 bridgehead atoms. The lowest BCUT2D eigenvalue weighted by atomic mass is 10.1. The summed E-state index contributed by atoms with van der Waals surface area (Å²) in [5, 5.41) is 6.75. The van der Waals surface area contributed by atoms with E-state index in [0.717, 1.165) is 35.6 Å². The van der Waals surface area contributed by atoms with E-state index in [9.17, 15) is 4.79 Å². The SMILES string of the molecule is COc1ccc([C@@H]2N(c3ccc(C)cc3)N=C(C(C)=O)N2c2ccc(N3CCCC3)cc2)cc1OC. The Labute approximate surface area is 212 Å². The number of hydrogen-bond acceptors (Lipinski definition) is 7. The number of hydrazone groups is 1. The molecule has 2 aliphatic heterocycles. The van der Waals surface area contributed by atoms with Crippen molar-refractivity contribution in [1.29, 1.82) is 0 Å². The van der Waals surface area contributed by atoms with Crippen molar-refractivity contribution in [2.45, 2.75) is 32.9 Å². The number of carbonyl (C=O) groups excluding carboxylic acids is 1. The molecule has 0 amide bonds. The standard InChI is InChI=1S/C29H32N4O3/c1-20-7-10-25(11-8-20)33-29(22-9-16-26(35-3)27(19-22)36-4)32(28(30-33)21(2)34)24-14-12-23(13-15-24)31-17-5-6-18-31/h7-16,19,29H,5-6,17-18H2,1-4H3/t29-/m0/s1. The van der Waals surface area contributed by atoms with Gasteiger partial charge in [0.2, 0.25) is 0 Å². The molecule has 36 heavy (non-hydrogen) atoms. The Kier molecular flexibility index (Phi) is 6.55. The van der Waals surface area contributed by atoms with Crippen LogP contribution in [-0.4, -0.2) is 38.9 Å². The van der Waals surface area contributed by atoms with Crippen molar-refractivity contribution in [2.24, 2.45) is 5.10 Å². The van der Waals surface area contributed by atoms with Crippen molar-refractivity contribution in [3.05, 3.63) is 77.9 Å². The number of aryl methyl sites for hydroxylation is 1. The minimum absolute atomic E-state index is 0.0984. The van der Waals surface area contributed by atoms with Gasteiger partial charge in [0.25, 0.3) is 0 Å². The fourth-order valence-corrected chi connectivity index (χ4v) is 4.93. The van der Waals surface area contributed by atoms with Crippen LogP contribution in [0.1, 0.15) is 37.1 Å². The Morgan fingerprint density at radius 3 is 2.06 bits per heavy atom. The molecule has 186 valence electrons. The zero-order valence-electron chi connectivity index (χ0n) is 21.3. The number of rotatable bonds is 7. The molecule has 1 atom stereocenters. The van der Waals surface area contributed by atoms with Crippen LogP contribution in [0.2, 0.25) is 0 Å². The number of hydrogen-bond donors (Lipinski definition) is 0. The fourth-order valence-electron chi connectivity index (χ4n) is 4.93. The first-order chi connectivity index (χ1) is 17.5. The van der Waals surface area contributed by atoms with Gasteiger partial charge in [-0.3, -0.25) is 9.69 Å². The summed E-state index contributed by atoms with van der Waals surface area (Å²) < 4.78 is 11.1. The molecule has 1 fully saturated rings. The highest BCUT2D eigenvalue weighted by Crippen LogP contribution is 2.42. The van der Waals surface area contributed by atoms with E-state index in [1.165, 1.54) is 18.5 Å². The molecule has 5 rings (SSSR count). The van der Waals surface area contributed by atoms with Crippen LogP contribution in [0.25, 0.3) is 0 Å². The maximum atomic E-state index is 12.9. The minimum atomic E-state index is -0.385. The van der Waals surface area contributed by atoms with Crippen LogP contribution in [0.5, 0.6) is 11.5 Å². The first kappa shape index (κ1) is 23.7. The molecule has 0 radical (unpaired) electrons. The van der Waals surface area contributed by atoms with E-state index in [1.807, 2.05) is 40.2 Å². The Bertz CT molecular complexity index is 1260. The van der Waals surface area contributed by atoms with Gasteiger partial charge in [-0.15, -0.1) is 5.10 Å². The van der Waals surface area contributed by atoms with Crippen LogP contribution in [-0.2, 0) is 4.79 Å². The van der Waals surface area contributed by atoms with Gasteiger partial charge in [0.15, 0.2) is 29.3 Å². The van der Waals surface area contributed by atoms with Crippen LogP contribution >= 0.6 is 0 Å². The number of carbonyl (C=O) groups is 1. The lowest BCUT2D eigenvalue weighted by molar-refractivity contribution is -0.111. The summed E-state index contributed by atoms with van der Waals surface area (Å²) in [6, 6.07) is 22.5. The average Bonchev–Trinajstić information content (AvgIpc) is 3.58. The number of benzene rings is 3. The number of Topliss-reactive ketones (excluding diaryl/α,β-unsaturated/α-hetero) is 1. The summed E-state index contributed by atoms with van der Waals surface area (Å²) in [5.74, 6) is 1.57. The number of anilines is 3. The summed E-state index contributed by atoms with van der Waals surface area (Å²) in [7, 11) is 3.25. The number of ketones is 1. The third kappa shape index (κ3) is 4.37. The van der Waals surface area contributed by atoms with Crippen molar-refractivity contribution in [3.63, 3.8) is 0 Å². The lowest BCUT2D eigenvalue weighted by Gasteiger charge is -2.32. The molecule has 2 heterocycles. The van der Waals surface area contributed by atoms with Gasteiger partial charge < -0.3 is 14.4 Å². The summed E-state index contributed by atoms with van der Waals surface area (Å²) in [6.45, 7) is 5.78. The summed E-state index contributed by atoms with van der Waals surface area (Å²) >= 11 is 0. The van der Waals surface area contributed by atoms with Crippen molar-refractivity contribution >= 4 is 28.7 Å². The highest BCUT2D eigenvalue weighted by molar-refractivity contribution is 6.44. The zero-order chi connectivity index (χ0) is 25.2. The quantitative estimate of drug-likeness (QED) is 0.439. The number of amidine groups is 1. The Balaban J connectivity index is 1.62. The molecule has 3 aromatic carbocycles. The molecular formula is C29H32N4O3. The minimum Gasteiger partial charge on any atom is -0.493 e. The predicted molar refractivity (Wildman–Crippen MR) is 144 cm³/mol. The van der Waals surface area contributed by atoms with Gasteiger partial charge in [-0.05, 0) is 68.3 Å². The fraction of sp³-hybridized carbons (Fsp3) is 0.310. The predicted octanol–water partition coefficient (Wildman–Crippen LogP) is 5.54. The largest absolute Gasteiger partial charge is 0.493 e. The number of methoxy groups -OCH3 is 2. The van der Waals surface area contributed by atoms with Crippen LogP contribution in [0.4, 0.5) is 17.1 Å². The van der Waals surface area contributed by atoms with Gasteiger partial charge in [-0.1, -0.05) is 23.8 Å². The highest BCUT2D eigenvalue weighted by Gasteiger charge is 2.39. The van der Waals surface area contributed by atoms with Crippen molar-refractivity contribution in [1.82, 2.24) is 0 Å². The summed E-state index contributed by atoms with van der Waals surface area (Å²) in [6.07, 6.45) is 2.06. The topological polar surface area (TPSA) is 57.6 Å². The first-order valence-corrected chi connectivity index (χ1v) is 12.3. The van der Waals surface area contributed by atoms with Gasteiger partial charge in [0.05, 0.1) is 19.9 Å². The van der Waals surface area contributed by atoms with Crippen LogP contribution in [0, 0.1) is 6.92 Å². The van der Waals surface area contributed by atoms with Crippen LogP contribution in [0.15, 0.2) is 71.8 Å². The van der Waals surface area contributed by atoms with Crippen molar-refractivity contribution in [2.75, 3.05) is 42.1 Å². The molecule has 3 aromatic rings. The van der Waals surface area contributed by atoms with E-state index in [2.05, 4.69) is 48.2 Å². The molecule has 7 heteroatoms. The highest BCUT2D eigenvalue weighted by atomic mass is 16.5. The van der Waals surface area contributed by atoms with Crippen molar-refractivity contribution < 1.29 is 14.3 Å². The first-order valence-electron chi connectivity index (χ1n) is 12.3. The summed E-state index contributed by atoms with van der Waals surface area (Å²) in [4.78, 5) is 17.3. The van der Waals surface area contributed by atoms with Crippen molar-refractivity contribution in [3.8, 4) is 11.5 Å². The monoisotopic (exact) mass is 484 g/mol. The second kappa shape index (κ2) is 9.93. The third-order valence-corrected chi connectivity index (χ3v) is 6.83. The number of nitrogens with zero attached hydrogens (tertiary/aromatic N) is 4. The molecule has 7 nitrogen and oxygen atoms in total. The van der Waals surface area contributed by atoms with E-state index in [4.69, 9.17) is 14.6 Å². The van der Waals surface area contributed by atoms with Gasteiger partial charge in [0, 0.05) is 37.0 Å². The smallest absolute Gasteiger partial charge is 0.198 e. The molecular weight excluding hydrogens is 452 g/mol. The molecule has 0 aliphatic carbocycles. The van der Waals surface area contributed by atoms with Gasteiger partial charge in [0.1, 0.15) is 0 Å². The molecule has 0 N–H and O–H groups in total. The molecule has 0 aromatic heterocycles. The van der Waals surface area contributed by atoms with Crippen LogP contribution in [0.3, 0.4) is 0 Å². The number of ether oxygens (including phenoxy) is 2. The Morgan fingerprint density at radius 2 is 1.44 bits per heavy atom. The third-order valence-electron chi connectivity index (χ3n) is 6.83. The van der Waals surface area contributed by atoms with Gasteiger partial charge in [-0.25, -0.2) is 5.01 Å². The summed E-state index contributed by atoms with van der Waals surface area (Å²) in [5.41, 5.74) is 5.09. The molecule has 0 unspecified atom stereocenters. The average molecular weight is 485 g/mol. The molecule has 2 aliphatic rings. The second-order valence-corrected chi connectivity index (χ2v) is 9.23. The van der Waals surface area contributed by atoms with E-state index in [0.29, 0.717) is 17.3 Å². The Hall–Kier alpha value is -4.00. The Morgan fingerprint density at radius 1 is 0.833 bits per heavy atom. The van der Waals surface area contributed by atoms with E-state index < -0.39 is 0 Å².